The van der Waals surface area contributed by atoms with Crippen molar-refractivity contribution in [1.82, 2.24) is 5.32 Å². The molecule has 1 N–H and O–H groups in total. The Balaban J connectivity index is 2.50. The Morgan fingerprint density at radius 3 is 3.12 bits per heavy atom. The first kappa shape index (κ1) is 5.35. The summed E-state index contributed by atoms with van der Waals surface area (Å²) in [7, 11) is 0. The predicted octanol–water partition coefficient (Wildman–Crippen LogP) is 0.912. The summed E-state index contributed by atoms with van der Waals surface area (Å²) in [5, 5.41) is 3.18. The second-order valence-corrected chi connectivity index (χ2v) is 1.72. The summed E-state index contributed by atoms with van der Waals surface area (Å²) in [4.78, 5) is 3.98. The quantitative estimate of drug-likeness (QED) is 0.533. The van der Waals surface area contributed by atoms with E-state index in [4.69, 9.17) is 0 Å². The highest BCUT2D eigenvalue weighted by molar-refractivity contribution is 5.62. The molecule has 0 saturated heterocycles. The van der Waals surface area contributed by atoms with E-state index >= 15 is 0 Å². The fraction of sp³-hybridized carbons (Fsp3) is 0.500. The van der Waals surface area contributed by atoms with Gasteiger partial charge < -0.3 is 5.32 Å². The first-order chi connectivity index (χ1) is 3.93. The molecular formula is C6H10N2. The molecule has 0 radical (unpaired) electrons. The Labute approximate surface area is 49.3 Å². The Morgan fingerprint density at radius 1 is 1.88 bits per heavy atom. The molecule has 1 aliphatic rings. The molecule has 0 aliphatic carbocycles. The number of nitrogens with zero attached hydrogens (tertiary/aromatic N) is 1. The van der Waals surface area contributed by atoms with Crippen molar-refractivity contribution in [3.63, 3.8) is 0 Å². The van der Waals surface area contributed by atoms with Crippen LogP contribution in [0.15, 0.2) is 16.9 Å². The Morgan fingerprint density at radius 2 is 2.75 bits per heavy atom. The van der Waals surface area contributed by atoms with Crippen molar-refractivity contribution in [2.24, 2.45) is 4.99 Å². The van der Waals surface area contributed by atoms with Crippen LogP contribution in [0.1, 0.15) is 13.3 Å². The number of allylic oxidation sites excluding steroid dienone is 1. The third-order valence-corrected chi connectivity index (χ3v) is 1.14. The zero-order valence-electron chi connectivity index (χ0n) is 5.02. The minimum absolute atomic E-state index is 0.889. The molecule has 0 atom stereocenters. The molecule has 2 nitrogen and oxygen atoms in total. The topological polar surface area (TPSA) is 24.4 Å². The third kappa shape index (κ3) is 1.09. The average molecular weight is 110 g/mol. The second kappa shape index (κ2) is 2.50. The molecule has 0 amide bonds. The number of hydrogen-bond acceptors (Lipinski definition) is 2. The lowest BCUT2D eigenvalue weighted by Crippen LogP contribution is -2.17. The highest BCUT2D eigenvalue weighted by atomic mass is 14.9. The van der Waals surface area contributed by atoms with Crippen LogP contribution in [-0.2, 0) is 0 Å². The Bertz CT molecular complexity index is 124. The fourth-order valence-electron chi connectivity index (χ4n) is 0.634. The van der Waals surface area contributed by atoms with Crippen LogP contribution >= 0.6 is 0 Å². The molecule has 44 valence electrons. The normalized spacial score (nSPS) is 17.4. The van der Waals surface area contributed by atoms with Crippen LogP contribution in [0.5, 0.6) is 0 Å². The molecule has 0 aromatic heterocycles. The van der Waals surface area contributed by atoms with E-state index in [0.29, 0.717) is 0 Å². The molecule has 0 aromatic carbocycles. The monoisotopic (exact) mass is 110 g/mol. The average Bonchev–Trinajstić information content (AvgIpc) is 1.90. The van der Waals surface area contributed by atoms with Gasteiger partial charge in [0.15, 0.2) is 0 Å². The third-order valence-electron chi connectivity index (χ3n) is 1.14. The number of rotatable bonds is 1. The smallest absolute Gasteiger partial charge is 0.0501 e. The van der Waals surface area contributed by atoms with Crippen LogP contribution in [0.3, 0.4) is 0 Å². The van der Waals surface area contributed by atoms with Crippen LogP contribution in [0.2, 0.25) is 0 Å². The van der Waals surface area contributed by atoms with Gasteiger partial charge in [-0.3, -0.25) is 4.99 Å². The molecule has 2 heteroatoms. The zero-order valence-corrected chi connectivity index (χ0v) is 5.02. The van der Waals surface area contributed by atoms with Gasteiger partial charge in [0, 0.05) is 18.1 Å². The largest absolute Gasteiger partial charge is 0.382 e. The summed E-state index contributed by atoms with van der Waals surface area (Å²) >= 11 is 0. The van der Waals surface area contributed by atoms with Crippen molar-refractivity contribution in [2.45, 2.75) is 13.3 Å². The van der Waals surface area contributed by atoms with Crippen LogP contribution < -0.4 is 5.32 Å². The zero-order chi connectivity index (χ0) is 5.82. The molecule has 8 heavy (non-hydrogen) atoms. The van der Waals surface area contributed by atoms with Crippen molar-refractivity contribution >= 4 is 6.21 Å². The van der Waals surface area contributed by atoms with Gasteiger partial charge in [0.25, 0.3) is 0 Å². The van der Waals surface area contributed by atoms with Crippen molar-refractivity contribution in [3.05, 3.63) is 11.9 Å². The molecule has 0 aromatic rings. The molecule has 0 bridgehead atoms. The highest BCUT2D eigenvalue weighted by Crippen LogP contribution is 1.96. The standard InChI is InChI=1S/C6H10N2/c1-2-6-5-7-3-4-8-6/h3,5,8H,2,4H2,1H3. The lowest BCUT2D eigenvalue weighted by atomic mass is 10.3. The summed E-state index contributed by atoms with van der Waals surface area (Å²) in [6.07, 6.45) is 4.78. The van der Waals surface area contributed by atoms with E-state index in [9.17, 15) is 0 Å². The van der Waals surface area contributed by atoms with Gasteiger partial charge in [-0.25, -0.2) is 0 Å². The fourth-order valence-corrected chi connectivity index (χ4v) is 0.634. The number of nitrogens with one attached hydrogen (secondary N) is 1. The van der Waals surface area contributed by atoms with Gasteiger partial charge in [-0.2, -0.15) is 0 Å². The lowest BCUT2D eigenvalue weighted by molar-refractivity contribution is 0.847. The molecule has 0 saturated carbocycles. The van der Waals surface area contributed by atoms with Crippen molar-refractivity contribution in [1.29, 1.82) is 0 Å². The minimum atomic E-state index is 0.889. The van der Waals surface area contributed by atoms with Gasteiger partial charge in [0.05, 0.1) is 6.54 Å². The first-order valence-electron chi connectivity index (χ1n) is 2.88. The summed E-state index contributed by atoms with van der Waals surface area (Å²) in [6.45, 7) is 3.00. The van der Waals surface area contributed by atoms with Crippen LogP contribution in [0.4, 0.5) is 0 Å². The maximum atomic E-state index is 3.98. The van der Waals surface area contributed by atoms with E-state index in [1.807, 2.05) is 12.4 Å². The van der Waals surface area contributed by atoms with Gasteiger partial charge in [0.1, 0.15) is 0 Å². The first-order valence-corrected chi connectivity index (χ1v) is 2.88. The molecule has 1 aliphatic heterocycles. The van der Waals surface area contributed by atoms with E-state index in [1.165, 1.54) is 5.70 Å². The van der Waals surface area contributed by atoms with Gasteiger partial charge >= 0.3 is 0 Å². The summed E-state index contributed by atoms with van der Waals surface area (Å²) in [5.41, 5.74) is 1.23. The van der Waals surface area contributed by atoms with E-state index < -0.39 is 0 Å². The van der Waals surface area contributed by atoms with Crippen LogP contribution in [-0.4, -0.2) is 12.8 Å². The van der Waals surface area contributed by atoms with E-state index in [2.05, 4.69) is 17.2 Å². The molecule has 1 heterocycles. The SMILES string of the molecule is CCC1=CN=CCN1. The molecule has 0 fully saturated rings. The second-order valence-electron chi connectivity index (χ2n) is 1.72. The molecule has 0 spiro atoms. The molecule has 1 rings (SSSR count). The summed E-state index contributed by atoms with van der Waals surface area (Å²) < 4.78 is 0. The van der Waals surface area contributed by atoms with Crippen molar-refractivity contribution in [3.8, 4) is 0 Å². The van der Waals surface area contributed by atoms with Crippen molar-refractivity contribution < 1.29 is 0 Å². The van der Waals surface area contributed by atoms with Gasteiger partial charge in [-0.05, 0) is 6.42 Å². The summed E-state index contributed by atoms with van der Waals surface area (Å²) in [6, 6.07) is 0. The van der Waals surface area contributed by atoms with E-state index in [1.54, 1.807) is 0 Å². The van der Waals surface area contributed by atoms with Crippen LogP contribution in [0.25, 0.3) is 0 Å². The van der Waals surface area contributed by atoms with E-state index in [0.717, 1.165) is 13.0 Å². The summed E-state index contributed by atoms with van der Waals surface area (Å²) in [5.74, 6) is 0. The maximum Gasteiger partial charge on any atom is 0.0501 e. The lowest BCUT2D eigenvalue weighted by Gasteiger charge is -2.07. The number of hydrogen-bond donors (Lipinski definition) is 1. The minimum Gasteiger partial charge on any atom is -0.382 e. The van der Waals surface area contributed by atoms with Crippen LogP contribution in [0, 0.1) is 0 Å². The number of aliphatic imine (C=N–C) groups is 1. The Hall–Kier alpha value is -0.790. The molecular weight excluding hydrogens is 100 g/mol. The Kier molecular flexibility index (Phi) is 1.67. The van der Waals surface area contributed by atoms with Gasteiger partial charge in [-0.1, -0.05) is 6.92 Å². The highest BCUT2D eigenvalue weighted by Gasteiger charge is 1.91. The molecule has 0 unspecified atom stereocenters. The van der Waals surface area contributed by atoms with Gasteiger partial charge in [0.2, 0.25) is 0 Å². The van der Waals surface area contributed by atoms with E-state index in [-0.39, 0.29) is 0 Å². The van der Waals surface area contributed by atoms with Gasteiger partial charge in [-0.15, -0.1) is 0 Å². The predicted molar refractivity (Wildman–Crippen MR) is 34.9 cm³/mol. The maximum absolute atomic E-state index is 3.98. The van der Waals surface area contributed by atoms with Crippen molar-refractivity contribution in [2.75, 3.05) is 6.54 Å².